The molecular weight excluding hydrogens is 578 g/mol. The molecule has 1 saturated heterocycles. The van der Waals surface area contributed by atoms with Gasteiger partial charge in [-0.1, -0.05) is 51.4 Å². The highest BCUT2D eigenvalue weighted by Gasteiger charge is 2.61. The smallest absolute Gasteiger partial charge is 0.243 e. The standard InChI is InChI=1S/C31H38ClN3O6S/c1-6-19-15-31(19,26(36)17-42(39,40)21-10-11-21)34-27(37)25-14-20(16-35(25)29(38)18(2)30(3,4)5)41-28-23-8-7-9-24(32)22(23)12-13-33-28/h6-9,12-13,18-21,25H,1,10-11,14-17H2,2-5H3,(H,34,37)/t18-,19-,20-,25+,31-/m1/s1. The summed E-state index contributed by atoms with van der Waals surface area (Å²) in [6.45, 7) is 11.7. The summed E-state index contributed by atoms with van der Waals surface area (Å²) in [5.74, 6) is -2.28. The van der Waals surface area contributed by atoms with Crippen LogP contribution >= 0.6 is 11.6 Å². The fourth-order valence-corrected chi connectivity index (χ4v) is 7.60. The molecule has 2 amide bonds. The van der Waals surface area contributed by atoms with Gasteiger partial charge >= 0.3 is 0 Å². The minimum Gasteiger partial charge on any atom is -0.472 e. The maximum absolute atomic E-state index is 13.9. The molecule has 5 atom stereocenters. The van der Waals surface area contributed by atoms with Gasteiger partial charge in [0, 0.05) is 40.2 Å². The van der Waals surface area contributed by atoms with E-state index in [-0.39, 0.29) is 36.6 Å². The third-order valence-electron chi connectivity index (χ3n) is 9.02. The number of amides is 2. The lowest BCUT2D eigenvalue weighted by Crippen LogP contribution is -2.55. The van der Waals surface area contributed by atoms with Gasteiger partial charge in [0.25, 0.3) is 0 Å². The summed E-state index contributed by atoms with van der Waals surface area (Å²) in [7, 11) is -3.57. The van der Waals surface area contributed by atoms with Crippen molar-refractivity contribution in [3.05, 3.63) is 48.1 Å². The van der Waals surface area contributed by atoms with Crippen LogP contribution in [0, 0.1) is 17.3 Å². The van der Waals surface area contributed by atoms with Crippen molar-refractivity contribution in [3.63, 3.8) is 0 Å². The van der Waals surface area contributed by atoms with E-state index in [0.717, 1.165) is 5.39 Å². The molecule has 2 aromatic rings. The highest BCUT2D eigenvalue weighted by atomic mass is 35.5. The molecule has 3 aliphatic rings. The van der Waals surface area contributed by atoms with Crippen molar-refractivity contribution in [2.75, 3.05) is 12.3 Å². The van der Waals surface area contributed by atoms with Gasteiger partial charge in [-0.05, 0) is 42.9 Å². The van der Waals surface area contributed by atoms with Gasteiger partial charge < -0.3 is 15.0 Å². The quantitative estimate of drug-likeness (QED) is 0.399. The number of likely N-dealkylation sites (tertiary alicyclic amines) is 1. The molecule has 0 spiro atoms. The van der Waals surface area contributed by atoms with E-state index >= 15 is 0 Å². The minimum absolute atomic E-state index is 0.151. The van der Waals surface area contributed by atoms with Crippen molar-refractivity contribution < 1.29 is 27.5 Å². The number of halogens is 1. The first-order valence-corrected chi connectivity index (χ1v) is 16.5. The van der Waals surface area contributed by atoms with Crippen LogP contribution in [-0.4, -0.2) is 71.1 Å². The predicted molar refractivity (Wildman–Crippen MR) is 161 cm³/mol. The molecule has 5 rings (SSSR count). The summed E-state index contributed by atoms with van der Waals surface area (Å²) < 4.78 is 31.5. The molecular formula is C31H38ClN3O6S. The number of carbonyl (C=O) groups is 3. The zero-order valence-corrected chi connectivity index (χ0v) is 26.0. The summed E-state index contributed by atoms with van der Waals surface area (Å²) in [4.78, 5) is 46.9. The van der Waals surface area contributed by atoms with Crippen LogP contribution in [0.1, 0.15) is 53.4 Å². The van der Waals surface area contributed by atoms with Gasteiger partial charge in [-0.25, -0.2) is 13.4 Å². The van der Waals surface area contributed by atoms with Crippen molar-refractivity contribution in [1.29, 1.82) is 0 Å². The Bertz CT molecular complexity index is 1550. The third-order valence-corrected chi connectivity index (χ3v) is 11.5. The molecule has 2 saturated carbocycles. The van der Waals surface area contributed by atoms with E-state index in [1.165, 1.54) is 4.90 Å². The topological polar surface area (TPSA) is 123 Å². The fraction of sp³-hybridized carbons (Fsp3) is 0.548. The van der Waals surface area contributed by atoms with Gasteiger partial charge in [0.1, 0.15) is 23.4 Å². The normalized spacial score (nSPS) is 26.5. The van der Waals surface area contributed by atoms with Crippen molar-refractivity contribution in [2.45, 2.75) is 76.3 Å². The van der Waals surface area contributed by atoms with Crippen molar-refractivity contribution in [3.8, 4) is 5.88 Å². The number of ether oxygens (including phenoxy) is 1. The lowest BCUT2D eigenvalue weighted by molar-refractivity contribution is -0.144. The Kier molecular flexibility index (Phi) is 7.94. The second-order valence-corrected chi connectivity index (χ2v) is 15.6. The molecule has 1 aromatic carbocycles. The average molecular weight is 616 g/mol. The Morgan fingerprint density at radius 3 is 2.57 bits per heavy atom. The molecule has 1 N–H and O–H groups in total. The van der Waals surface area contributed by atoms with Crippen LogP contribution in [0.25, 0.3) is 10.8 Å². The minimum atomic E-state index is -3.57. The number of benzene rings is 1. The Hall–Kier alpha value is -2.98. The summed E-state index contributed by atoms with van der Waals surface area (Å²) >= 11 is 6.37. The Morgan fingerprint density at radius 1 is 1.24 bits per heavy atom. The lowest BCUT2D eigenvalue weighted by Gasteiger charge is -2.33. The number of ketones is 1. The number of rotatable bonds is 10. The summed E-state index contributed by atoms with van der Waals surface area (Å²) in [6, 6.07) is 6.31. The van der Waals surface area contributed by atoms with Crippen molar-refractivity contribution >= 4 is 49.8 Å². The molecule has 1 aliphatic heterocycles. The number of nitrogens with zero attached hydrogens (tertiary/aromatic N) is 2. The lowest BCUT2D eigenvalue weighted by atomic mass is 9.81. The van der Waals surface area contributed by atoms with Crippen LogP contribution in [0.15, 0.2) is 43.1 Å². The number of fused-ring (bicyclic) bond motifs is 1. The molecule has 2 aliphatic carbocycles. The molecule has 0 bridgehead atoms. The van der Waals surface area contributed by atoms with E-state index in [2.05, 4.69) is 16.9 Å². The van der Waals surface area contributed by atoms with Crippen LogP contribution in [0.2, 0.25) is 5.02 Å². The van der Waals surface area contributed by atoms with E-state index in [0.29, 0.717) is 29.1 Å². The molecule has 226 valence electrons. The first-order chi connectivity index (χ1) is 19.7. The maximum atomic E-state index is 13.9. The van der Waals surface area contributed by atoms with Gasteiger partial charge in [0.05, 0.1) is 11.8 Å². The summed E-state index contributed by atoms with van der Waals surface area (Å²) in [5.41, 5.74) is -1.69. The molecule has 42 heavy (non-hydrogen) atoms. The van der Waals surface area contributed by atoms with Gasteiger partial charge in [0.15, 0.2) is 15.6 Å². The van der Waals surface area contributed by atoms with Crippen molar-refractivity contribution in [2.24, 2.45) is 17.3 Å². The highest BCUT2D eigenvalue weighted by molar-refractivity contribution is 7.93. The molecule has 1 aromatic heterocycles. The molecule has 0 radical (unpaired) electrons. The number of sulfone groups is 1. The van der Waals surface area contributed by atoms with Gasteiger partial charge in [-0.15, -0.1) is 6.58 Å². The van der Waals surface area contributed by atoms with E-state index in [1.54, 1.807) is 30.5 Å². The number of Topliss-reactive ketones (excluding diaryl/α,β-unsaturated/α-hetero) is 1. The highest BCUT2D eigenvalue weighted by Crippen LogP contribution is 2.46. The number of pyridine rings is 1. The van der Waals surface area contributed by atoms with Crippen LogP contribution < -0.4 is 10.1 Å². The summed E-state index contributed by atoms with van der Waals surface area (Å²) in [5, 5.41) is 4.43. The zero-order chi connectivity index (χ0) is 30.6. The molecule has 2 heterocycles. The zero-order valence-electron chi connectivity index (χ0n) is 24.4. The second kappa shape index (κ2) is 10.9. The Balaban J connectivity index is 1.40. The van der Waals surface area contributed by atoms with Crippen LogP contribution in [0.3, 0.4) is 0 Å². The third kappa shape index (κ3) is 5.80. The number of hydrogen-bond donors (Lipinski definition) is 1. The largest absolute Gasteiger partial charge is 0.472 e. The fourth-order valence-electron chi connectivity index (χ4n) is 5.65. The number of hydrogen-bond acceptors (Lipinski definition) is 7. The maximum Gasteiger partial charge on any atom is 0.243 e. The second-order valence-electron chi connectivity index (χ2n) is 13.0. The Morgan fingerprint density at radius 2 is 1.95 bits per heavy atom. The molecule has 3 fully saturated rings. The summed E-state index contributed by atoms with van der Waals surface area (Å²) in [6.07, 6.45) is 4.20. The molecule has 11 heteroatoms. The van der Waals surface area contributed by atoms with E-state index < -0.39 is 56.1 Å². The first-order valence-electron chi connectivity index (χ1n) is 14.4. The van der Waals surface area contributed by atoms with Gasteiger partial charge in [0.2, 0.25) is 17.7 Å². The van der Waals surface area contributed by atoms with Crippen LogP contribution in [0.5, 0.6) is 5.88 Å². The van der Waals surface area contributed by atoms with Crippen LogP contribution in [0.4, 0.5) is 0 Å². The monoisotopic (exact) mass is 615 g/mol. The predicted octanol–water partition coefficient (Wildman–Crippen LogP) is 4.13. The molecule has 9 nitrogen and oxygen atoms in total. The van der Waals surface area contributed by atoms with Gasteiger partial charge in [-0.3, -0.25) is 14.4 Å². The van der Waals surface area contributed by atoms with E-state index in [1.807, 2.05) is 33.8 Å². The number of nitrogens with one attached hydrogen (secondary N) is 1. The van der Waals surface area contributed by atoms with Gasteiger partial charge in [-0.2, -0.15) is 0 Å². The molecule has 0 unspecified atom stereocenters. The average Bonchev–Trinajstić information content (AvgIpc) is 3.85. The van der Waals surface area contributed by atoms with E-state index in [4.69, 9.17) is 16.3 Å². The number of carbonyl (C=O) groups excluding carboxylic acids is 3. The SMILES string of the molecule is C=C[C@@H]1C[C@]1(NC(=O)[C@@H]1C[C@@H](Oc2nccc3c(Cl)cccc23)CN1C(=O)[C@@H](C)C(C)(C)C)C(=O)CS(=O)(=O)C1CC1. The number of aromatic nitrogens is 1. The first kappa shape index (κ1) is 30.5. The van der Waals surface area contributed by atoms with Crippen LogP contribution in [-0.2, 0) is 24.2 Å². The van der Waals surface area contributed by atoms with Crippen molar-refractivity contribution in [1.82, 2.24) is 15.2 Å². The Labute approximate surface area is 251 Å². The van der Waals surface area contributed by atoms with E-state index in [9.17, 15) is 22.8 Å².